The molecule has 2 aromatic heterocycles. The summed E-state index contributed by atoms with van der Waals surface area (Å²) in [5, 5.41) is 0. The molecule has 108 valence electrons. The molecule has 0 fully saturated rings. The number of aryl methyl sites for hydroxylation is 1. The zero-order chi connectivity index (χ0) is 13.8. The molecule has 1 amide bonds. The lowest BCUT2D eigenvalue weighted by Gasteiger charge is -2.16. The standard InChI is InChI=1S/C14H17N3O2.ClH/c1-10-3-4-13(19-10)9-17(2)14(18)11-5-6-16-12(7-11)8-15;/h3-7H,8-9,15H2,1-2H3;1H. The van der Waals surface area contributed by atoms with E-state index in [1.165, 1.54) is 0 Å². The summed E-state index contributed by atoms with van der Waals surface area (Å²) < 4.78 is 5.46. The molecule has 0 radical (unpaired) electrons. The molecular weight excluding hydrogens is 278 g/mol. The fraction of sp³-hybridized carbons (Fsp3) is 0.286. The summed E-state index contributed by atoms with van der Waals surface area (Å²) in [6, 6.07) is 7.15. The number of halogens is 1. The number of rotatable bonds is 4. The van der Waals surface area contributed by atoms with E-state index < -0.39 is 0 Å². The van der Waals surface area contributed by atoms with Crippen molar-refractivity contribution in [2.75, 3.05) is 7.05 Å². The first-order valence-electron chi connectivity index (χ1n) is 6.06. The van der Waals surface area contributed by atoms with Crippen LogP contribution in [0.1, 0.15) is 27.6 Å². The van der Waals surface area contributed by atoms with Crippen molar-refractivity contribution in [3.8, 4) is 0 Å². The van der Waals surface area contributed by atoms with E-state index >= 15 is 0 Å². The molecule has 0 atom stereocenters. The van der Waals surface area contributed by atoms with Gasteiger partial charge < -0.3 is 15.1 Å². The summed E-state index contributed by atoms with van der Waals surface area (Å²) in [5.74, 6) is 1.53. The first kappa shape index (κ1) is 16.2. The van der Waals surface area contributed by atoms with E-state index in [-0.39, 0.29) is 18.3 Å². The molecule has 0 saturated heterocycles. The van der Waals surface area contributed by atoms with Gasteiger partial charge in [-0.15, -0.1) is 12.4 Å². The van der Waals surface area contributed by atoms with Gasteiger partial charge in [0.1, 0.15) is 11.5 Å². The summed E-state index contributed by atoms with van der Waals surface area (Å²) in [6.07, 6.45) is 1.60. The number of hydrogen-bond acceptors (Lipinski definition) is 4. The monoisotopic (exact) mass is 295 g/mol. The molecule has 0 aliphatic carbocycles. The number of aromatic nitrogens is 1. The van der Waals surface area contributed by atoms with Gasteiger partial charge >= 0.3 is 0 Å². The number of amides is 1. The van der Waals surface area contributed by atoms with Crippen molar-refractivity contribution in [3.05, 3.63) is 53.2 Å². The van der Waals surface area contributed by atoms with Crippen molar-refractivity contribution in [3.63, 3.8) is 0 Å². The second-order valence-electron chi connectivity index (χ2n) is 4.41. The van der Waals surface area contributed by atoms with Crippen LogP contribution in [0, 0.1) is 6.92 Å². The zero-order valence-electron chi connectivity index (χ0n) is 11.5. The first-order chi connectivity index (χ1) is 9.10. The molecule has 2 rings (SSSR count). The third-order valence-corrected chi connectivity index (χ3v) is 2.81. The molecule has 0 aromatic carbocycles. The lowest BCUT2D eigenvalue weighted by atomic mass is 10.2. The van der Waals surface area contributed by atoms with Crippen molar-refractivity contribution < 1.29 is 9.21 Å². The molecule has 0 aliphatic heterocycles. The van der Waals surface area contributed by atoms with Crippen LogP contribution in [0.15, 0.2) is 34.9 Å². The van der Waals surface area contributed by atoms with Crippen LogP contribution in [0.2, 0.25) is 0 Å². The highest BCUT2D eigenvalue weighted by molar-refractivity contribution is 5.94. The van der Waals surface area contributed by atoms with Crippen molar-refractivity contribution in [1.29, 1.82) is 0 Å². The van der Waals surface area contributed by atoms with Crippen LogP contribution in [-0.4, -0.2) is 22.8 Å². The van der Waals surface area contributed by atoms with Gasteiger partial charge in [0.05, 0.1) is 12.2 Å². The average molecular weight is 296 g/mol. The molecular formula is C14H18ClN3O2. The van der Waals surface area contributed by atoms with Crippen molar-refractivity contribution in [2.45, 2.75) is 20.0 Å². The van der Waals surface area contributed by atoms with Crippen LogP contribution in [0.5, 0.6) is 0 Å². The van der Waals surface area contributed by atoms with Gasteiger partial charge in [-0.05, 0) is 31.2 Å². The van der Waals surface area contributed by atoms with Gasteiger partial charge in [-0.2, -0.15) is 0 Å². The maximum atomic E-state index is 12.2. The molecule has 20 heavy (non-hydrogen) atoms. The Kier molecular flexibility index (Phi) is 5.73. The average Bonchev–Trinajstić information content (AvgIpc) is 2.83. The molecule has 2 heterocycles. The maximum absolute atomic E-state index is 12.2. The lowest BCUT2D eigenvalue weighted by Crippen LogP contribution is -2.26. The minimum atomic E-state index is -0.0776. The molecule has 0 aliphatic rings. The zero-order valence-corrected chi connectivity index (χ0v) is 12.3. The van der Waals surface area contributed by atoms with Crippen LogP contribution >= 0.6 is 12.4 Å². The predicted molar refractivity (Wildman–Crippen MR) is 78.6 cm³/mol. The topological polar surface area (TPSA) is 72.4 Å². The van der Waals surface area contributed by atoms with Gasteiger partial charge in [0.15, 0.2) is 0 Å². The number of nitrogens with zero attached hydrogens (tertiary/aromatic N) is 2. The van der Waals surface area contributed by atoms with Crippen molar-refractivity contribution in [1.82, 2.24) is 9.88 Å². The summed E-state index contributed by atoms with van der Waals surface area (Å²) in [6.45, 7) is 2.64. The van der Waals surface area contributed by atoms with E-state index in [2.05, 4.69) is 4.98 Å². The second kappa shape index (κ2) is 7.07. The number of nitrogens with two attached hydrogens (primary N) is 1. The summed E-state index contributed by atoms with van der Waals surface area (Å²) in [5.41, 5.74) is 6.81. The molecule has 2 N–H and O–H groups in total. The Balaban J connectivity index is 0.00000200. The quantitative estimate of drug-likeness (QED) is 0.938. The largest absolute Gasteiger partial charge is 0.464 e. The molecule has 2 aromatic rings. The van der Waals surface area contributed by atoms with Gasteiger partial charge in [0.25, 0.3) is 5.91 Å². The summed E-state index contributed by atoms with van der Waals surface area (Å²) >= 11 is 0. The summed E-state index contributed by atoms with van der Waals surface area (Å²) in [4.78, 5) is 17.9. The molecule has 5 nitrogen and oxygen atoms in total. The van der Waals surface area contributed by atoms with Gasteiger partial charge in [-0.3, -0.25) is 9.78 Å². The second-order valence-corrected chi connectivity index (χ2v) is 4.41. The SMILES string of the molecule is Cc1ccc(CN(C)C(=O)c2ccnc(CN)c2)o1.Cl. The van der Waals surface area contributed by atoms with Gasteiger partial charge in [0, 0.05) is 25.4 Å². The van der Waals surface area contributed by atoms with E-state index in [4.69, 9.17) is 10.2 Å². The van der Waals surface area contributed by atoms with E-state index in [0.29, 0.717) is 24.3 Å². The molecule has 0 bridgehead atoms. The highest BCUT2D eigenvalue weighted by atomic mass is 35.5. The molecule has 0 spiro atoms. The Bertz CT molecular complexity index is 583. The third kappa shape index (κ3) is 3.82. The van der Waals surface area contributed by atoms with Crippen LogP contribution in [-0.2, 0) is 13.1 Å². The Hall–Kier alpha value is -1.85. The van der Waals surface area contributed by atoms with E-state index in [1.54, 1.807) is 30.3 Å². The number of pyridine rings is 1. The van der Waals surface area contributed by atoms with Crippen LogP contribution < -0.4 is 5.73 Å². The number of carbonyl (C=O) groups is 1. The van der Waals surface area contributed by atoms with Gasteiger partial charge in [-0.1, -0.05) is 0 Å². The Morgan fingerprint density at radius 1 is 1.40 bits per heavy atom. The van der Waals surface area contributed by atoms with E-state index in [1.807, 2.05) is 19.1 Å². The lowest BCUT2D eigenvalue weighted by molar-refractivity contribution is 0.0774. The fourth-order valence-electron chi connectivity index (χ4n) is 1.82. The maximum Gasteiger partial charge on any atom is 0.254 e. The normalized spacial score (nSPS) is 9.95. The van der Waals surface area contributed by atoms with Gasteiger partial charge in [0.2, 0.25) is 0 Å². The Morgan fingerprint density at radius 3 is 2.75 bits per heavy atom. The van der Waals surface area contributed by atoms with Crippen LogP contribution in [0.4, 0.5) is 0 Å². The van der Waals surface area contributed by atoms with Crippen molar-refractivity contribution in [2.24, 2.45) is 5.73 Å². The number of furan rings is 1. The van der Waals surface area contributed by atoms with E-state index in [0.717, 1.165) is 11.5 Å². The smallest absolute Gasteiger partial charge is 0.254 e. The Labute approximate surface area is 124 Å². The summed E-state index contributed by atoms with van der Waals surface area (Å²) in [7, 11) is 1.74. The first-order valence-corrected chi connectivity index (χ1v) is 6.06. The fourth-order valence-corrected chi connectivity index (χ4v) is 1.82. The van der Waals surface area contributed by atoms with Crippen LogP contribution in [0.25, 0.3) is 0 Å². The molecule has 6 heteroatoms. The highest BCUT2D eigenvalue weighted by Crippen LogP contribution is 2.11. The van der Waals surface area contributed by atoms with Crippen molar-refractivity contribution >= 4 is 18.3 Å². The minimum Gasteiger partial charge on any atom is -0.464 e. The van der Waals surface area contributed by atoms with Crippen LogP contribution in [0.3, 0.4) is 0 Å². The Morgan fingerprint density at radius 2 is 2.15 bits per heavy atom. The number of carbonyl (C=O) groups excluding carboxylic acids is 1. The molecule has 0 unspecified atom stereocenters. The third-order valence-electron chi connectivity index (χ3n) is 2.81. The van der Waals surface area contributed by atoms with E-state index in [9.17, 15) is 4.79 Å². The van der Waals surface area contributed by atoms with Gasteiger partial charge in [-0.25, -0.2) is 0 Å². The number of hydrogen-bond donors (Lipinski definition) is 1. The minimum absolute atomic E-state index is 0. The highest BCUT2D eigenvalue weighted by Gasteiger charge is 2.14. The molecule has 0 saturated carbocycles. The predicted octanol–water partition coefficient (Wildman–Crippen LogP) is 2.14.